The van der Waals surface area contributed by atoms with Crippen molar-refractivity contribution in [1.29, 1.82) is 0 Å². The molecule has 8 heteroatoms. The molecule has 0 aromatic heterocycles. The molecule has 0 amide bonds. The Hall–Kier alpha value is -0.640. The lowest BCUT2D eigenvalue weighted by Crippen LogP contribution is -2.38. The highest BCUT2D eigenvalue weighted by molar-refractivity contribution is 14.0. The maximum Gasteiger partial charge on any atom is 0.387 e. The number of guanidine groups is 1. The number of halogens is 4. The number of hydrogen-bond donors (Lipinski definition) is 2. The van der Waals surface area contributed by atoms with E-state index in [4.69, 9.17) is 0 Å². The van der Waals surface area contributed by atoms with Gasteiger partial charge in [-0.15, -0.1) is 24.0 Å². The molecule has 0 spiro atoms. The van der Waals surface area contributed by atoms with Crippen LogP contribution in [-0.2, 0) is 6.54 Å². The third kappa shape index (κ3) is 5.86. The van der Waals surface area contributed by atoms with Gasteiger partial charge in [-0.3, -0.25) is 4.99 Å². The molecule has 4 nitrogen and oxygen atoms in total. The van der Waals surface area contributed by atoms with Gasteiger partial charge in [-0.1, -0.05) is 22.9 Å². The molecular weight excluding hydrogens is 471 g/mol. The zero-order chi connectivity index (χ0) is 15.4. The van der Waals surface area contributed by atoms with Crippen LogP contribution in [-0.4, -0.2) is 25.7 Å². The van der Waals surface area contributed by atoms with Crippen molar-refractivity contribution >= 4 is 45.9 Å². The second kappa shape index (κ2) is 8.85. The van der Waals surface area contributed by atoms with E-state index in [-0.39, 0.29) is 29.7 Å². The van der Waals surface area contributed by atoms with Gasteiger partial charge in [0.2, 0.25) is 0 Å². The van der Waals surface area contributed by atoms with Crippen LogP contribution in [0, 0.1) is 5.92 Å². The van der Waals surface area contributed by atoms with E-state index in [9.17, 15) is 8.78 Å². The molecule has 124 valence electrons. The van der Waals surface area contributed by atoms with E-state index in [1.807, 2.05) is 0 Å². The summed E-state index contributed by atoms with van der Waals surface area (Å²) in [6, 6.07) is 5.38. The summed E-state index contributed by atoms with van der Waals surface area (Å²) in [6.07, 6.45) is 1.12. The number of rotatable bonds is 5. The highest BCUT2D eigenvalue weighted by Crippen LogP contribution is 2.29. The normalized spacial score (nSPS) is 20.4. The van der Waals surface area contributed by atoms with Crippen LogP contribution in [0.15, 0.2) is 27.7 Å². The summed E-state index contributed by atoms with van der Waals surface area (Å²) >= 11 is 3.33. The summed E-state index contributed by atoms with van der Waals surface area (Å²) in [4.78, 5) is 4.12. The van der Waals surface area contributed by atoms with E-state index < -0.39 is 6.61 Å². The van der Waals surface area contributed by atoms with Crippen LogP contribution in [0.25, 0.3) is 0 Å². The molecule has 0 saturated heterocycles. The average Bonchev–Trinajstić information content (AvgIpc) is 3.12. The van der Waals surface area contributed by atoms with Crippen LogP contribution in [0.3, 0.4) is 0 Å². The van der Waals surface area contributed by atoms with Gasteiger partial charge in [0.25, 0.3) is 0 Å². The van der Waals surface area contributed by atoms with Gasteiger partial charge < -0.3 is 15.4 Å². The van der Waals surface area contributed by atoms with Crippen molar-refractivity contribution in [2.75, 3.05) is 7.05 Å². The number of nitrogens with zero attached hydrogens (tertiary/aromatic N) is 1. The number of nitrogens with one attached hydrogen (secondary N) is 2. The van der Waals surface area contributed by atoms with Crippen molar-refractivity contribution in [3.63, 3.8) is 0 Å². The Kier molecular flexibility index (Phi) is 7.81. The maximum atomic E-state index is 12.4. The highest BCUT2D eigenvalue weighted by atomic mass is 127. The first-order valence-corrected chi connectivity index (χ1v) is 7.49. The molecule has 0 bridgehead atoms. The monoisotopic (exact) mass is 489 g/mol. The smallest absolute Gasteiger partial charge is 0.387 e. The molecule has 1 aliphatic carbocycles. The van der Waals surface area contributed by atoms with Gasteiger partial charge in [0, 0.05) is 29.7 Å². The summed E-state index contributed by atoms with van der Waals surface area (Å²) in [5, 5.41) is 6.39. The molecule has 0 aliphatic heterocycles. The molecule has 2 atom stereocenters. The Morgan fingerprint density at radius 3 is 2.73 bits per heavy atom. The lowest BCUT2D eigenvalue weighted by Gasteiger charge is -2.14. The zero-order valence-electron chi connectivity index (χ0n) is 12.3. The summed E-state index contributed by atoms with van der Waals surface area (Å²) < 4.78 is 30.1. The van der Waals surface area contributed by atoms with Crippen LogP contribution < -0.4 is 15.4 Å². The Bertz CT molecular complexity index is 531. The predicted molar refractivity (Wildman–Crippen MR) is 97.1 cm³/mol. The lowest BCUT2D eigenvalue weighted by molar-refractivity contribution is -0.0504. The van der Waals surface area contributed by atoms with E-state index >= 15 is 0 Å². The molecule has 0 heterocycles. The first kappa shape index (κ1) is 19.4. The number of aliphatic imine (C=N–C) groups is 1. The van der Waals surface area contributed by atoms with Crippen LogP contribution in [0.1, 0.15) is 18.9 Å². The summed E-state index contributed by atoms with van der Waals surface area (Å²) in [5.41, 5.74) is 0.636. The summed E-state index contributed by atoms with van der Waals surface area (Å²) in [5.74, 6) is 1.47. The van der Waals surface area contributed by atoms with Gasteiger partial charge in [-0.05, 0) is 30.5 Å². The minimum absolute atomic E-state index is 0. The number of ether oxygens (including phenoxy) is 1. The Morgan fingerprint density at radius 2 is 2.18 bits per heavy atom. The van der Waals surface area contributed by atoms with Gasteiger partial charge in [0.05, 0.1) is 0 Å². The number of hydrogen-bond acceptors (Lipinski definition) is 2. The number of benzene rings is 1. The SMILES string of the molecule is CN=C(NCc1cc(Br)ccc1OC(F)F)NC1CC1C.I. The van der Waals surface area contributed by atoms with Gasteiger partial charge in [0.15, 0.2) is 5.96 Å². The molecule has 1 aromatic rings. The van der Waals surface area contributed by atoms with E-state index in [1.165, 1.54) is 6.07 Å². The fourth-order valence-electron chi connectivity index (χ4n) is 1.97. The molecule has 1 saturated carbocycles. The Labute approximate surface area is 154 Å². The fourth-order valence-corrected chi connectivity index (χ4v) is 2.38. The second-order valence-corrected chi connectivity index (χ2v) is 5.94. The van der Waals surface area contributed by atoms with Gasteiger partial charge in [-0.25, -0.2) is 0 Å². The Morgan fingerprint density at radius 1 is 1.50 bits per heavy atom. The largest absolute Gasteiger partial charge is 0.434 e. The molecule has 1 aromatic carbocycles. The minimum Gasteiger partial charge on any atom is -0.434 e. The second-order valence-electron chi connectivity index (χ2n) is 5.02. The third-order valence-electron chi connectivity index (χ3n) is 3.34. The van der Waals surface area contributed by atoms with Crippen LogP contribution in [0.4, 0.5) is 8.78 Å². The Balaban J connectivity index is 0.00000242. The minimum atomic E-state index is -2.84. The van der Waals surface area contributed by atoms with Crippen LogP contribution >= 0.6 is 39.9 Å². The fraction of sp³-hybridized carbons (Fsp3) is 0.500. The first-order chi connectivity index (χ1) is 9.99. The van der Waals surface area contributed by atoms with E-state index in [0.29, 0.717) is 30.0 Å². The highest BCUT2D eigenvalue weighted by Gasteiger charge is 2.33. The quantitative estimate of drug-likeness (QED) is 0.376. The van der Waals surface area contributed by atoms with E-state index in [1.54, 1.807) is 19.2 Å². The van der Waals surface area contributed by atoms with Crippen LogP contribution in [0.2, 0.25) is 0 Å². The van der Waals surface area contributed by atoms with Crippen molar-refractivity contribution in [3.05, 3.63) is 28.2 Å². The van der Waals surface area contributed by atoms with Gasteiger partial charge in [-0.2, -0.15) is 8.78 Å². The standard InChI is InChI=1S/C14H18BrF2N3O.HI/c1-8-5-11(8)20-14(18-2)19-7-9-6-10(15)3-4-12(9)21-13(16)17;/h3-4,6,8,11,13H,5,7H2,1-2H3,(H2,18,19,20);1H. The molecule has 22 heavy (non-hydrogen) atoms. The maximum absolute atomic E-state index is 12.4. The van der Waals surface area contributed by atoms with Gasteiger partial charge >= 0.3 is 6.61 Å². The van der Waals surface area contributed by atoms with Crippen LogP contribution in [0.5, 0.6) is 5.75 Å². The predicted octanol–water partition coefficient (Wildman–Crippen LogP) is 3.74. The van der Waals surface area contributed by atoms with Crippen molar-refractivity contribution < 1.29 is 13.5 Å². The zero-order valence-corrected chi connectivity index (χ0v) is 16.2. The van der Waals surface area contributed by atoms with Crippen molar-refractivity contribution in [1.82, 2.24) is 10.6 Å². The molecule has 2 rings (SSSR count). The average molecular weight is 490 g/mol. The first-order valence-electron chi connectivity index (χ1n) is 6.70. The van der Waals surface area contributed by atoms with E-state index in [2.05, 4.69) is 43.2 Å². The lowest BCUT2D eigenvalue weighted by atomic mass is 10.2. The molecule has 2 N–H and O–H groups in total. The van der Waals surface area contributed by atoms with Gasteiger partial charge in [0.1, 0.15) is 5.75 Å². The summed E-state index contributed by atoms with van der Waals surface area (Å²) in [7, 11) is 1.68. The van der Waals surface area contributed by atoms with Crippen molar-refractivity contribution in [2.45, 2.75) is 32.5 Å². The van der Waals surface area contributed by atoms with Crippen molar-refractivity contribution in [2.24, 2.45) is 10.9 Å². The molecule has 0 radical (unpaired) electrons. The van der Waals surface area contributed by atoms with Crippen molar-refractivity contribution in [3.8, 4) is 5.75 Å². The van der Waals surface area contributed by atoms with E-state index in [0.717, 1.165) is 10.9 Å². The topological polar surface area (TPSA) is 45.7 Å². The molecular formula is C14H19BrF2IN3O. The molecule has 1 fully saturated rings. The summed E-state index contributed by atoms with van der Waals surface area (Å²) in [6.45, 7) is -0.328. The third-order valence-corrected chi connectivity index (χ3v) is 3.83. The number of alkyl halides is 2. The molecule has 2 unspecified atom stereocenters. The molecule has 1 aliphatic rings.